The Morgan fingerprint density at radius 1 is 0.850 bits per heavy atom. The molecule has 106 valence electrons. The molecular formula is C15H16O5. The van der Waals surface area contributed by atoms with E-state index in [0.29, 0.717) is 39.3 Å². The molecule has 2 aromatic carbocycles. The molecular weight excluding hydrogens is 260 g/mol. The maximum atomic E-state index is 11.5. The number of aldehydes is 1. The lowest BCUT2D eigenvalue weighted by Gasteiger charge is -2.18. The minimum Gasteiger partial charge on any atom is -0.496 e. The van der Waals surface area contributed by atoms with E-state index in [1.54, 1.807) is 19.2 Å². The van der Waals surface area contributed by atoms with Crippen molar-refractivity contribution in [1.82, 2.24) is 0 Å². The van der Waals surface area contributed by atoms with Crippen LogP contribution >= 0.6 is 0 Å². The highest BCUT2D eigenvalue weighted by Gasteiger charge is 2.23. The van der Waals surface area contributed by atoms with E-state index in [1.165, 1.54) is 21.3 Å². The molecule has 0 N–H and O–H groups in total. The smallest absolute Gasteiger partial charge is 0.204 e. The van der Waals surface area contributed by atoms with Crippen LogP contribution in [0.1, 0.15) is 10.4 Å². The summed E-state index contributed by atoms with van der Waals surface area (Å²) in [5.74, 6) is 1.79. The van der Waals surface area contributed by atoms with Crippen molar-refractivity contribution in [3.8, 4) is 23.0 Å². The fourth-order valence-corrected chi connectivity index (χ4v) is 2.32. The molecule has 0 aliphatic carbocycles. The van der Waals surface area contributed by atoms with Crippen molar-refractivity contribution in [1.29, 1.82) is 0 Å². The number of hydrogen-bond acceptors (Lipinski definition) is 5. The first-order chi connectivity index (χ1) is 9.73. The van der Waals surface area contributed by atoms with E-state index in [1.807, 2.05) is 6.07 Å². The summed E-state index contributed by atoms with van der Waals surface area (Å²) in [5.41, 5.74) is 0.402. The molecule has 5 heteroatoms. The van der Waals surface area contributed by atoms with E-state index in [2.05, 4.69) is 0 Å². The molecule has 0 radical (unpaired) electrons. The summed E-state index contributed by atoms with van der Waals surface area (Å²) < 4.78 is 21.4. The van der Waals surface area contributed by atoms with Gasteiger partial charge in [-0.3, -0.25) is 4.79 Å². The molecule has 0 aromatic heterocycles. The quantitative estimate of drug-likeness (QED) is 0.786. The number of carbonyl (C=O) groups excluding carboxylic acids is 1. The summed E-state index contributed by atoms with van der Waals surface area (Å²) in [6.07, 6.45) is 0.739. The van der Waals surface area contributed by atoms with Crippen molar-refractivity contribution in [3.05, 3.63) is 23.8 Å². The minimum atomic E-state index is 0.347. The number of methoxy groups -OCH3 is 4. The highest BCUT2D eigenvalue weighted by molar-refractivity contribution is 6.08. The lowest BCUT2D eigenvalue weighted by molar-refractivity contribution is 0.112. The second-order valence-corrected chi connectivity index (χ2v) is 4.01. The Morgan fingerprint density at radius 2 is 1.50 bits per heavy atom. The summed E-state index contributed by atoms with van der Waals surface area (Å²) in [6, 6.07) is 5.41. The summed E-state index contributed by atoms with van der Waals surface area (Å²) in [7, 11) is 6.07. The SMILES string of the molecule is COc1c(OC)c(OC)c2c(OC)cccc2c1C=O. The molecule has 0 bridgehead atoms. The Hall–Kier alpha value is -2.43. The van der Waals surface area contributed by atoms with Crippen LogP contribution < -0.4 is 18.9 Å². The van der Waals surface area contributed by atoms with Crippen molar-refractivity contribution in [2.45, 2.75) is 0 Å². The molecule has 2 rings (SSSR count). The Morgan fingerprint density at radius 3 is 2.00 bits per heavy atom. The molecule has 5 nitrogen and oxygen atoms in total. The van der Waals surface area contributed by atoms with E-state index in [9.17, 15) is 4.79 Å². The Labute approximate surface area is 117 Å². The maximum absolute atomic E-state index is 11.5. The third kappa shape index (κ3) is 1.91. The second kappa shape index (κ2) is 5.69. The zero-order valence-electron chi connectivity index (χ0n) is 11.9. The van der Waals surface area contributed by atoms with Gasteiger partial charge in [0.25, 0.3) is 0 Å². The molecule has 0 spiro atoms. The van der Waals surface area contributed by atoms with Gasteiger partial charge in [0.15, 0.2) is 17.8 Å². The van der Waals surface area contributed by atoms with Gasteiger partial charge in [-0.05, 0) is 6.07 Å². The summed E-state index contributed by atoms with van der Waals surface area (Å²) in [6.45, 7) is 0. The van der Waals surface area contributed by atoms with Crippen LogP contribution in [0.4, 0.5) is 0 Å². The number of benzene rings is 2. The van der Waals surface area contributed by atoms with Gasteiger partial charge in [0, 0.05) is 5.39 Å². The minimum absolute atomic E-state index is 0.347. The molecule has 2 aromatic rings. The highest BCUT2D eigenvalue weighted by Crippen LogP contribution is 2.48. The van der Waals surface area contributed by atoms with E-state index in [0.717, 1.165) is 6.29 Å². The van der Waals surface area contributed by atoms with Gasteiger partial charge >= 0.3 is 0 Å². The van der Waals surface area contributed by atoms with Crippen LogP contribution in [-0.4, -0.2) is 34.7 Å². The van der Waals surface area contributed by atoms with Gasteiger partial charge in [-0.15, -0.1) is 0 Å². The first kappa shape index (κ1) is 14.0. The molecule has 20 heavy (non-hydrogen) atoms. The van der Waals surface area contributed by atoms with Gasteiger partial charge in [-0.1, -0.05) is 12.1 Å². The van der Waals surface area contributed by atoms with Crippen LogP contribution in [0.15, 0.2) is 18.2 Å². The van der Waals surface area contributed by atoms with Crippen molar-refractivity contribution in [2.24, 2.45) is 0 Å². The number of ether oxygens (including phenoxy) is 4. The number of carbonyl (C=O) groups is 1. The lowest BCUT2D eigenvalue weighted by Crippen LogP contribution is -2.01. The third-order valence-electron chi connectivity index (χ3n) is 3.15. The molecule has 0 aliphatic heterocycles. The maximum Gasteiger partial charge on any atom is 0.204 e. The Balaban J connectivity index is 3.05. The molecule has 0 unspecified atom stereocenters. The summed E-state index contributed by atoms with van der Waals surface area (Å²) >= 11 is 0. The molecule has 0 heterocycles. The molecule has 0 amide bonds. The summed E-state index contributed by atoms with van der Waals surface area (Å²) in [4.78, 5) is 11.5. The van der Waals surface area contributed by atoms with Crippen LogP contribution in [-0.2, 0) is 0 Å². The predicted octanol–water partition coefficient (Wildman–Crippen LogP) is 2.69. The average molecular weight is 276 g/mol. The van der Waals surface area contributed by atoms with Crippen molar-refractivity contribution >= 4 is 17.1 Å². The normalized spacial score (nSPS) is 10.2. The lowest BCUT2D eigenvalue weighted by atomic mass is 10.0. The van der Waals surface area contributed by atoms with Gasteiger partial charge < -0.3 is 18.9 Å². The van der Waals surface area contributed by atoms with Gasteiger partial charge in [-0.2, -0.15) is 0 Å². The van der Waals surface area contributed by atoms with Gasteiger partial charge in [0.2, 0.25) is 5.75 Å². The van der Waals surface area contributed by atoms with E-state index in [4.69, 9.17) is 18.9 Å². The Bertz CT molecular complexity index is 648. The number of fused-ring (bicyclic) bond motifs is 1. The standard InChI is InChI=1S/C15H16O5/c1-17-11-7-5-6-9-10(8-16)13(18-2)15(20-4)14(19-3)12(9)11/h5-8H,1-4H3. The number of rotatable bonds is 5. The van der Waals surface area contributed by atoms with Crippen LogP contribution in [0.5, 0.6) is 23.0 Å². The number of hydrogen-bond donors (Lipinski definition) is 0. The predicted molar refractivity (Wildman–Crippen MR) is 75.5 cm³/mol. The van der Waals surface area contributed by atoms with Crippen LogP contribution in [0, 0.1) is 0 Å². The Kier molecular flexibility index (Phi) is 3.98. The molecule has 0 saturated heterocycles. The van der Waals surface area contributed by atoms with Crippen LogP contribution in [0.3, 0.4) is 0 Å². The van der Waals surface area contributed by atoms with Gasteiger partial charge in [0.1, 0.15) is 5.75 Å². The van der Waals surface area contributed by atoms with Gasteiger partial charge in [0.05, 0.1) is 39.4 Å². The topological polar surface area (TPSA) is 54.0 Å². The van der Waals surface area contributed by atoms with E-state index < -0.39 is 0 Å². The van der Waals surface area contributed by atoms with Crippen molar-refractivity contribution < 1.29 is 23.7 Å². The average Bonchev–Trinajstić information content (AvgIpc) is 2.51. The first-order valence-corrected chi connectivity index (χ1v) is 5.97. The fraction of sp³-hybridized carbons (Fsp3) is 0.267. The fourth-order valence-electron chi connectivity index (χ4n) is 2.32. The van der Waals surface area contributed by atoms with Crippen molar-refractivity contribution in [2.75, 3.05) is 28.4 Å². The summed E-state index contributed by atoms with van der Waals surface area (Å²) in [5, 5.41) is 1.37. The second-order valence-electron chi connectivity index (χ2n) is 4.01. The third-order valence-corrected chi connectivity index (χ3v) is 3.15. The zero-order chi connectivity index (χ0) is 14.7. The van der Waals surface area contributed by atoms with Crippen LogP contribution in [0.2, 0.25) is 0 Å². The zero-order valence-corrected chi connectivity index (χ0v) is 11.9. The largest absolute Gasteiger partial charge is 0.496 e. The monoisotopic (exact) mass is 276 g/mol. The van der Waals surface area contributed by atoms with Gasteiger partial charge in [-0.25, -0.2) is 0 Å². The molecule has 0 saturated carbocycles. The molecule has 0 aliphatic rings. The van der Waals surface area contributed by atoms with Crippen molar-refractivity contribution in [3.63, 3.8) is 0 Å². The highest BCUT2D eigenvalue weighted by atomic mass is 16.5. The van der Waals surface area contributed by atoms with E-state index >= 15 is 0 Å². The van der Waals surface area contributed by atoms with E-state index in [-0.39, 0.29) is 0 Å². The van der Waals surface area contributed by atoms with Crippen LogP contribution in [0.25, 0.3) is 10.8 Å². The molecule has 0 fully saturated rings. The first-order valence-electron chi connectivity index (χ1n) is 5.97. The molecule has 0 atom stereocenters.